The van der Waals surface area contributed by atoms with E-state index in [1.807, 2.05) is 18.2 Å². The van der Waals surface area contributed by atoms with Gasteiger partial charge in [0.15, 0.2) is 0 Å². The fourth-order valence-corrected chi connectivity index (χ4v) is 3.76. The van der Waals surface area contributed by atoms with Crippen LogP contribution in [0.1, 0.15) is 33.2 Å². The Morgan fingerprint density at radius 3 is 2.58 bits per heavy atom. The van der Waals surface area contributed by atoms with Gasteiger partial charge in [-0.3, -0.25) is 9.59 Å². The molecule has 0 unspecified atom stereocenters. The van der Waals surface area contributed by atoms with Gasteiger partial charge in [0, 0.05) is 17.7 Å². The zero-order valence-electron chi connectivity index (χ0n) is 17.3. The standard InChI is InChI=1S/C24H22N2O5/c1-3-31-24(29)19-14-20(25-22(27)16-7-5-4-6-8-16)23(28)26-12-11-15-9-10-17(30-2)13-18(15)21(19)26/h4-10,13-14H,3,11-12H2,1-2H3,(H,25,27). The van der Waals surface area contributed by atoms with Gasteiger partial charge in [-0.25, -0.2) is 4.79 Å². The molecule has 7 heteroatoms. The lowest BCUT2D eigenvalue weighted by Crippen LogP contribution is -2.32. The first-order valence-electron chi connectivity index (χ1n) is 10.0. The quantitative estimate of drug-likeness (QED) is 0.641. The lowest BCUT2D eigenvalue weighted by Gasteiger charge is -2.25. The maximum absolute atomic E-state index is 13.2. The summed E-state index contributed by atoms with van der Waals surface area (Å²) in [5.74, 6) is -0.362. The maximum Gasteiger partial charge on any atom is 0.340 e. The summed E-state index contributed by atoms with van der Waals surface area (Å²) < 4.78 is 12.1. The number of amides is 1. The Labute approximate surface area is 179 Å². The number of carbonyl (C=O) groups is 2. The number of anilines is 1. The lowest BCUT2D eigenvalue weighted by atomic mass is 9.93. The summed E-state index contributed by atoms with van der Waals surface area (Å²) >= 11 is 0. The van der Waals surface area contributed by atoms with Crippen LogP contribution in [-0.4, -0.2) is 30.2 Å². The van der Waals surface area contributed by atoms with Crippen LogP contribution in [0.5, 0.6) is 5.75 Å². The molecule has 1 aromatic heterocycles. The Hall–Kier alpha value is -3.87. The van der Waals surface area contributed by atoms with Crippen molar-refractivity contribution in [2.24, 2.45) is 0 Å². The molecule has 0 saturated carbocycles. The highest BCUT2D eigenvalue weighted by molar-refractivity contribution is 6.05. The summed E-state index contributed by atoms with van der Waals surface area (Å²) in [4.78, 5) is 38.7. The molecule has 1 aliphatic rings. The lowest BCUT2D eigenvalue weighted by molar-refractivity contribution is 0.0526. The van der Waals surface area contributed by atoms with E-state index >= 15 is 0 Å². The van der Waals surface area contributed by atoms with Gasteiger partial charge in [0.1, 0.15) is 11.4 Å². The molecule has 0 fully saturated rings. The molecule has 1 N–H and O–H groups in total. The van der Waals surface area contributed by atoms with Crippen LogP contribution in [0.3, 0.4) is 0 Å². The summed E-state index contributed by atoms with van der Waals surface area (Å²) in [7, 11) is 1.56. The highest BCUT2D eigenvalue weighted by Crippen LogP contribution is 2.35. The second-order valence-electron chi connectivity index (χ2n) is 7.09. The predicted molar refractivity (Wildman–Crippen MR) is 117 cm³/mol. The number of hydrogen-bond acceptors (Lipinski definition) is 5. The van der Waals surface area contributed by atoms with E-state index in [4.69, 9.17) is 9.47 Å². The molecule has 1 amide bonds. The maximum atomic E-state index is 13.2. The number of esters is 1. The Balaban J connectivity index is 1.87. The molecule has 7 nitrogen and oxygen atoms in total. The molecule has 0 saturated heterocycles. The van der Waals surface area contributed by atoms with Gasteiger partial charge >= 0.3 is 5.97 Å². The third-order valence-electron chi connectivity index (χ3n) is 5.25. The number of aromatic nitrogens is 1. The molecule has 0 atom stereocenters. The Kier molecular flexibility index (Phi) is 5.58. The van der Waals surface area contributed by atoms with Gasteiger partial charge in [-0.2, -0.15) is 0 Å². The molecule has 0 bridgehead atoms. The van der Waals surface area contributed by atoms with E-state index in [9.17, 15) is 14.4 Å². The van der Waals surface area contributed by atoms with Crippen molar-refractivity contribution in [2.45, 2.75) is 19.9 Å². The second kappa shape index (κ2) is 8.47. The van der Waals surface area contributed by atoms with Crippen molar-refractivity contribution >= 4 is 17.6 Å². The summed E-state index contributed by atoms with van der Waals surface area (Å²) in [5.41, 5.74) is 2.52. The molecule has 2 heterocycles. The zero-order valence-corrected chi connectivity index (χ0v) is 17.3. The molecule has 0 radical (unpaired) electrons. The fraction of sp³-hybridized carbons (Fsp3) is 0.208. The Morgan fingerprint density at radius 1 is 1.10 bits per heavy atom. The molecule has 158 valence electrons. The van der Waals surface area contributed by atoms with Crippen LogP contribution in [0, 0.1) is 0 Å². The highest BCUT2D eigenvalue weighted by Gasteiger charge is 2.27. The van der Waals surface area contributed by atoms with Crippen molar-refractivity contribution in [1.29, 1.82) is 0 Å². The van der Waals surface area contributed by atoms with Crippen LogP contribution in [0.4, 0.5) is 5.69 Å². The zero-order chi connectivity index (χ0) is 22.0. The number of nitrogens with one attached hydrogen (secondary N) is 1. The Bertz CT molecular complexity index is 1210. The van der Waals surface area contributed by atoms with Crippen LogP contribution in [0.2, 0.25) is 0 Å². The van der Waals surface area contributed by atoms with Gasteiger partial charge in [-0.1, -0.05) is 24.3 Å². The predicted octanol–water partition coefficient (Wildman–Crippen LogP) is 3.51. The van der Waals surface area contributed by atoms with Gasteiger partial charge in [-0.15, -0.1) is 0 Å². The summed E-state index contributed by atoms with van der Waals surface area (Å²) in [5, 5.41) is 2.66. The van der Waals surface area contributed by atoms with E-state index in [1.165, 1.54) is 10.6 Å². The normalized spacial score (nSPS) is 11.8. The molecule has 2 aromatic carbocycles. The van der Waals surface area contributed by atoms with Crippen molar-refractivity contribution in [3.63, 3.8) is 0 Å². The van der Waals surface area contributed by atoms with E-state index in [1.54, 1.807) is 44.4 Å². The average Bonchev–Trinajstić information content (AvgIpc) is 2.80. The molecule has 0 spiro atoms. The first-order chi connectivity index (χ1) is 15.0. The van der Waals surface area contributed by atoms with Crippen molar-refractivity contribution in [3.05, 3.63) is 81.6 Å². The Morgan fingerprint density at radius 2 is 1.87 bits per heavy atom. The highest BCUT2D eigenvalue weighted by atomic mass is 16.5. The number of ether oxygens (including phenoxy) is 2. The third-order valence-corrected chi connectivity index (χ3v) is 5.25. The molecule has 4 rings (SSSR count). The van der Waals surface area contributed by atoms with Crippen LogP contribution in [0.25, 0.3) is 11.3 Å². The van der Waals surface area contributed by atoms with Crippen molar-refractivity contribution in [3.8, 4) is 17.0 Å². The topological polar surface area (TPSA) is 86.6 Å². The third kappa shape index (κ3) is 3.82. The number of pyridine rings is 1. The molecule has 1 aliphatic heterocycles. The van der Waals surface area contributed by atoms with Crippen molar-refractivity contribution in [2.75, 3.05) is 19.0 Å². The first kappa shape index (κ1) is 20.4. The van der Waals surface area contributed by atoms with Gasteiger partial charge in [-0.05, 0) is 49.2 Å². The van der Waals surface area contributed by atoms with Gasteiger partial charge in [0.2, 0.25) is 0 Å². The first-order valence-corrected chi connectivity index (χ1v) is 10.0. The molecular formula is C24H22N2O5. The van der Waals surface area contributed by atoms with E-state index in [-0.39, 0.29) is 23.4 Å². The van der Waals surface area contributed by atoms with E-state index in [0.29, 0.717) is 30.0 Å². The SMILES string of the molecule is CCOC(=O)c1cc(NC(=O)c2ccccc2)c(=O)n2c1-c1cc(OC)ccc1CC2. The number of fused-ring (bicyclic) bond motifs is 3. The molecule has 0 aliphatic carbocycles. The number of benzene rings is 2. The second-order valence-corrected chi connectivity index (χ2v) is 7.09. The van der Waals surface area contributed by atoms with Crippen molar-refractivity contribution < 1.29 is 19.1 Å². The summed E-state index contributed by atoms with van der Waals surface area (Å²) in [6.07, 6.45) is 0.616. The monoisotopic (exact) mass is 418 g/mol. The number of aryl methyl sites for hydroxylation is 1. The average molecular weight is 418 g/mol. The van der Waals surface area contributed by atoms with E-state index < -0.39 is 11.9 Å². The minimum atomic E-state index is -0.558. The molecule has 3 aromatic rings. The minimum Gasteiger partial charge on any atom is -0.497 e. The molecular weight excluding hydrogens is 396 g/mol. The number of rotatable bonds is 5. The van der Waals surface area contributed by atoms with Crippen LogP contribution >= 0.6 is 0 Å². The van der Waals surface area contributed by atoms with Crippen LogP contribution in [0.15, 0.2) is 59.4 Å². The van der Waals surface area contributed by atoms with Crippen LogP contribution in [-0.2, 0) is 17.7 Å². The van der Waals surface area contributed by atoms with Gasteiger partial charge in [0.05, 0.1) is 25.0 Å². The smallest absolute Gasteiger partial charge is 0.340 e. The van der Waals surface area contributed by atoms with E-state index in [0.717, 1.165) is 11.1 Å². The van der Waals surface area contributed by atoms with E-state index in [2.05, 4.69) is 5.32 Å². The number of nitrogens with zero attached hydrogens (tertiary/aromatic N) is 1. The van der Waals surface area contributed by atoms with Gasteiger partial charge < -0.3 is 19.4 Å². The largest absolute Gasteiger partial charge is 0.497 e. The summed E-state index contributed by atoms with van der Waals surface area (Å²) in [6, 6.07) is 15.6. The fourth-order valence-electron chi connectivity index (χ4n) is 3.76. The summed E-state index contributed by atoms with van der Waals surface area (Å²) in [6.45, 7) is 2.29. The number of methoxy groups -OCH3 is 1. The van der Waals surface area contributed by atoms with Crippen LogP contribution < -0.4 is 15.6 Å². The number of hydrogen-bond donors (Lipinski definition) is 1. The van der Waals surface area contributed by atoms with Gasteiger partial charge in [0.25, 0.3) is 11.5 Å². The minimum absolute atomic E-state index is 0.0343. The molecule has 31 heavy (non-hydrogen) atoms. The van der Waals surface area contributed by atoms with Crippen molar-refractivity contribution in [1.82, 2.24) is 4.57 Å². The number of carbonyl (C=O) groups excluding carboxylic acids is 2.